The van der Waals surface area contributed by atoms with Crippen molar-refractivity contribution in [3.8, 4) is 11.5 Å². The van der Waals surface area contributed by atoms with E-state index in [1.807, 2.05) is 0 Å². The summed E-state index contributed by atoms with van der Waals surface area (Å²) in [6.07, 6.45) is 3.71. The normalized spacial score (nSPS) is 21.1. The summed E-state index contributed by atoms with van der Waals surface area (Å²) in [5.41, 5.74) is 0.729. The van der Waals surface area contributed by atoms with Crippen LogP contribution in [0.25, 0.3) is 6.08 Å². The van der Waals surface area contributed by atoms with E-state index in [1.54, 1.807) is 29.2 Å². The molecule has 9 heteroatoms. The van der Waals surface area contributed by atoms with Crippen LogP contribution in [-0.2, 0) is 14.3 Å². The van der Waals surface area contributed by atoms with Gasteiger partial charge in [0.05, 0.1) is 24.7 Å². The third kappa shape index (κ3) is 4.79. The summed E-state index contributed by atoms with van der Waals surface area (Å²) in [4.78, 5) is 25.4. The van der Waals surface area contributed by atoms with Crippen LogP contribution in [-0.4, -0.2) is 59.2 Å². The van der Waals surface area contributed by atoms with E-state index >= 15 is 0 Å². The van der Waals surface area contributed by atoms with Crippen LogP contribution >= 0.6 is 24.0 Å². The predicted octanol–water partition coefficient (Wildman–Crippen LogP) is 2.54. The average Bonchev–Trinajstić information content (AvgIpc) is 3.24. The summed E-state index contributed by atoms with van der Waals surface area (Å²) in [6, 6.07) is 5.02. The lowest BCUT2D eigenvalue weighted by Crippen LogP contribution is -2.35. The molecule has 27 heavy (non-hydrogen) atoms. The zero-order chi connectivity index (χ0) is 19.4. The van der Waals surface area contributed by atoms with Gasteiger partial charge in [0.25, 0.3) is 5.91 Å². The number of carboxylic acid groups (broad SMARTS) is 1. The van der Waals surface area contributed by atoms with Crippen molar-refractivity contribution in [3.63, 3.8) is 0 Å². The molecule has 0 radical (unpaired) electrons. The van der Waals surface area contributed by atoms with Gasteiger partial charge in [-0.3, -0.25) is 9.69 Å². The molecule has 2 fully saturated rings. The molecule has 0 spiro atoms. The van der Waals surface area contributed by atoms with Crippen LogP contribution < -0.4 is 9.47 Å². The van der Waals surface area contributed by atoms with Crippen LogP contribution in [0.4, 0.5) is 0 Å². The van der Waals surface area contributed by atoms with Gasteiger partial charge in [-0.15, -0.1) is 0 Å². The number of hydrogen-bond acceptors (Lipinski definition) is 7. The lowest BCUT2D eigenvalue weighted by atomic mass is 10.1. The van der Waals surface area contributed by atoms with E-state index in [-0.39, 0.29) is 12.0 Å². The zero-order valence-electron chi connectivity index (χ0n) is 14.7. The molecule has 1 N–H and O–H groups in total. The molecule has 2 aliphatic rings. The van der Waals surface area contributed by atoms with E-state index in [9.17, 15) is 9.59 Å². The third-order valence-corrected chi connectivity index (χ3v) is 5.50. The number of benzene rings is 1. The first kappa shape index (κ1) is 19.7. The van der Waals surface area contributed by atoms with E-state index in [1.165, 1.54) is 18.9 Å². The van der Waals surface area contributed by atoms with E-state index in [0.29, 0.717) is 27.3 Å². The van der Waals surface area contributed by atoms with Crippen molar-refractivity contribution >= 4 is 46.3 Å². The number of methoxy groups -OCH3 is 1. The van der Waals surface area contributed by atoms with Gasteiger partial charge >= 0.3 is 5.97 Å². The third-order valence-electron chi connectivity index (χ3n) is 4.12. The summed E-state index contributed by atoms with van der Waals surface area (Å²) in [5.74, 6) is -0.496. The Hall–Kier alpha value is -2.10. The second-order valence-electron chi connectivity index (χ2n) is 6.02. The highest BCUT2D eigenvalue weighted by Crippen LogP contribution is 2.35. The number of hydrogen-bond donors (Lipinski definition) is 1. The number of amides is 1. The maximum absolute atomic E-state index is 12.7. The van der Waals surface area contributed by atoms with Crippen molar-refractivity contribution in [2.45, 2.75) is 18.9 Å². The van der Waals surface area contributed by atoms with E-state index in [2.05, 4.69) is 0 Å². The van der Waals surface area contributed by atoms with Crippen molar-refractivity contribution < 1.29 is 28.9 Å². The molecule has 144 valence electrons. The number of carboxylic acids is 1. The van der Waals surface area contributed by atoms with E-state index in [4.69, 9.17) is 31.5 Å². The Morgan fingerprint density at radius 2 is 2.30 bits per heavy atom. The van der Waals surface area contributed by atoms with Crippen LogP contribution in [0, 0.1) is 0 Å². The molecular weight excluding hydrogens is 390 g/mol. The lowest BCUT2D eigenvalue weighted by Gasteiger charge is -2.18. The van der Waals surface area contributed by atoms with E-state index < -0.39 is 12.6 Å². The first-order valence-electron chi connectivity index (χ1n) is 8.37. The summed E-state index contributed by atoms with van der Waals surface area (Å²) in [5, 5.41) is 8.72. The number of carbonyl (C=O) groups is 2. The maximum atomic E-state index is 12.7. The topological polar surface area (TPSA) is 85.3 Å². The van der Waals surface area contributed by atoms with Gasteiger partial charge in [-0.05, 0) is 36.6 Å². The Morgan fingerprint density at radius 3 is 2.96 bits per heavy atom. The first-order valence-corrected chi connectivity index (χ1v) is 9.60. The average molecular weight is 409 g/mol. The number of rotatable bonds is 7. The minimum absolute atomic E-state index is 0.0395. The second-order valence-corrected chi connectivity index (χ2v) is 7.70. The molecule has 2 heterocycles. The minimum atomic E-state index is -1.07. The molecule has 3 rings (SSSR count). The fourth-order valence-corrected chi connectivity index (χ4v) is 4.11. The van der Waals surface area contributed by atoms with Crippen molar-refractivity contribution in [1.29, 1.82) is 0 Å². The Labute approximate surface area is 166 Å². The molecule has 0 unspecified atom stereocenters. The fourth-order valence-electron chi connectivity index (χ4n) is 2.83. The quantitative estimate of drug-likeness (QED) is 0.543. The molecule has 2 saturated heterocycles. The number of nitrogens with zero attached hydrogens (tertiary/aromatic N) is 1. The summed E-state index contributed by atoms with van der Waals surface area (Å²) < 4.78 is 16.5. The molecule has 1 atom stereocenters. The fraction of sp³-hybridized carbons (Fsp3) is 0.389. The van der Waals surface area contributed by atoms with Crippen LogP contribution in [0.15, 0.2) is 23.1 Å². The molecule has 7 nitrogen and oxygen atoms in total. The van der Waals surface area contributed by atoms with Crippen molar-refractivity contribution in [3.05, 3.63) is 28.7 Å². The first-order chi connectivity index (χ1) is 13.0. The zero-order valence-corrected chi connectivity index (χ0v) is 16.3. The molecule has 0 saturated carbocycles. The van der Waals surface area contributed by atoms with Crippen molar-refractivity contribution in [2.24, 2.45) is 0 Å². The minimum Gasteiger partial charge on any atom is -0.493 e. The maximum Gasteiger partial charge on any atom is 0.341 e. The number of aliphatic carboxylic acids is 1. The molecule has 0 aliphatic carbocycles. The monoisotopic (exact) mass is 409 g/mol. The molecule has 1 aromatic carbocycles. The highest BCUT2D eigenvalue weighted by Gasteiger charge is 2.34. The summed E-state index contributed by atoms with van der Waals surface area (Å²) in [6.45, 7) is 0.746. The number of thioether (sulfide) groups is 1. The lowest BCUT2D eigenvalue weighted by molar-refractivity contribution is -0.139. The molecule has 1 amide bonds. The van der Waals surface area contributed by atoms with Gasteiger partial charge < -0.3 is 19.3 Å². The van der Waals surface area contributed by atoms with Gasteiger partial charge in [0, 0.05) is 6.61 Å². The number of carbonyl (C=O) groups excluding carboxylic acids is 1. The van der Waals surface area contributed by atoms with Crippen LogP contribution in [0.5, 0.6) is 11.5 Å². The number of thiocarbonyl (C=S) groups is 1. The standard InChI is InChI=1S/C18H19NO6S2/c1-23-14-7-11(4-5-13(14)25-10-16(20)21)8-15-17(22)19(18(26)27-15)9-12-3-2-6-24-12/h4-5,7-8,12H,2-3,6,9-10H2,1H3,(H,20,21)/b15-8-/t12-/m1/s1. The van der Waals surface area contributed by atoms with Crippen molar-refractivity contribution in [1.82, 2.24) is 4.90 Å². The van der Waals surface area contributed by atoms with Gasteiger partial charge in [0.2, 0.25) is 0 Å². The van der Waals surface area contributed by atoms with E-state index in [0.717, 1.165) is 25.0 Å². The smallest absolute Gasteiger partial charge is 0.341 e. The Morgan fingerprint density at radius 1 is 1.48 bits per heavy atom. The highest BCUT2D eigenvalue weighted by atomic mass is 32.2. The second kappa shape index (κ2) is 8.73. The van der Waals surface area contributed by atoms with Gasteiger partial charge in [0.15, 0.2) is 18.1 Å². The number of ether oxygens (including phenoxy) is 3. The highest BCUT2D eigenvalue weighted by molar-refractivity contribution is 8.26. The summed E-state index contributed by atoms with van der Waals surface area (Å²) in [7, 11) is 1.47. The van der Waals surface area contributed by atoms with Gasteiger partial charge in [0.1, 0.15) is 4.32 Å². The van der Waals surface area contributed by atoms with Gasteiger partial charge in [-0.1, -0.05) is 30.0 Å². The SMILES string of the molecule is COc1cc(/C=C2\SC(=S)N(C[C@H]3CCCO3)C2=O)ccc1OCC(=O)O. The molecule has 0 bridgehead atoms. The van der Waals surface area contributed by atoms with Crippen LogP contribution in [0.1, 0.15) is 18.4 Å². The van der Waals surface area contributed by atoms with Crippen molar-refractivity contribution in [2.75, 3.05) is 26.9 Å². The molecular formula is C18H19NO6S2. The predicted molar refractivity (Wildman–Crippen MR) is 105 cm³/mol. The van der Waals surface area contributed by atoms with Gasteiger partial charge in [-0.25, -0.2) is 4.79 Å². The Kier molecular flexibility index (Phi) is 6.35. The molecule has 1 aromatic rings. The Bertz CT molecular complexity index is 788. The van der Waals surface area contributed by atoms with Crippen LogP contribution in [0.2, 0.25) is 0 Å². The van der Waals surface area contributed by atoms with Crippen LogP contribution in [0.3, 0.4) is 0 Å². The largest absolute Gasteiger partial charge is 0.493 e. The Balaban J connectivity index is 1.74. The van der Waals surface area contributed by atoms with Gasteiger partial charge in [-0.2, -0.15) is 0 Å². The molecule has 2 aliphatic heterocycles. The summed E-state index contributed by atoms with van der Waals surface area (Å²) >= 11 is 6.60. The molecule has 0 aromatic heterocycles.